The zero-order valence-corrected chi connectivity index (χ0v) is 19.9. The van der Waals surface area contributed by atoms with Gasteiger partial charge in [0.2, 0.25) is 5.91 Å². The molecule has 1 amide bonds. The second-order valence-corrected chi connectivity index (χ2v) is 10.4. The molecule has 4 aromatic carbocycles. The van der Waals surface area contributed by atoms with Gasteiger partial charge in [-0.2, -0.15) is 0 Å². The van der Waals surface area contributed by atoms with Crippen LogP contribution in [0.2, 0.25) is 0 Å². The smallest absolute Gasteiger partial charge is 0.264 e. The molecule has 0 aliphatic heterocycles. The van der Waals surface area contributed by atoms with Crippen molar-refractivity contribution in [3.8, 4) is 0 Å². The number of carbonyl (C=O) groups excluding carboxylic acids is 1. The summed E-state index contributed by atoms with van der Waals surface area (Å²) >= 11 is 1.45. The number of sulfonamides is 1. The summed E-state index contributed by atoms with van der Waals surface area (Å²) in [6.07, 6.45) is 0. The van der Waals surface area contributed by atoms with E-state index >= 15 is 0 Å². The quantitative estimate of drug-likeness (QED) is 0.318. The minimum Gasteiger partial charge on any atom is -0.323 e. The first-order chi connectivity index (χ1) is 16.8. The first-order valence-electron chi connectivity index (χ1n) is 10.5. The summed E-state index contributed by atoms with van der Waals surface area (Å²) in [4.78, 5) is 14.6. The molecule has 0 aromatic heterocycles. The second kappa shape index (κ2) is 10.7. The van der Waals surface area contributed by atoms with Crippen molar-refractivity contribution >= 4 is 39.1 Å². The Balaban J connectivity index is 1.61. The van der Waals surface area contributed by atoms with Crippen molar-refractivity contribution < 1.29 is 22.0 Å². The van der Waals surface area contributed by atoms with Crippen LogP contribution in [0.5, 0.6) is 0 Å². The van der Waals surface area contributed by atoms with Gasteiger partial charge in [0.05, 0.1) is 16.3 Å². The third kappa shape index (κ3) is 6.06. The van der Waals surface area contributed by atoms with Crippen LogP contribution in [0.3, 0.4) is 0 Å². The van der Waals surface area contributed by atoms with Crippen LogP contribution >= 0.6 is 11.8 Å². The molecule has 0 fully saturated rings. The van der Waals surface area contributed by atoms with Gasteiger partial charge in [-0.1, -0.05) is 42.1 Å². The normalized spacial score (nSPS) is 11.1. The van der Waals surface area contributed by atoms with Crippen molar-refractivity contribution in [2.45, 2.75) is 14.7 Å². The first-order valence-corrected chi connectivity index (χ1v) is 12.7. The van der Waals surface area contributed by atoms with Crippen molar-refractivity contribution in [1.29, 1.82) is 0 Å². The number of benzene rings is 4. The number of anilines is 2. The molecule has 0 atom stereocenters. The molecule has 0 unspecified atom stereocenters. The van der Waals surface area contributed by atoms with Crippen LogP contribution < -0.4 is 9.62 Å². The zero-order valence-electron chi connectivity index (χ0n) is 18.3. The van der Waals surface area contributed by atoms with Crippen LogP contribution in [0.25, 0.3) is 0 Å². The van der Waals surface area contributed by atoms with Crippen LogP contribution in [0.4, 0.5) is 20.2 Å². The van der Waals surface area contributed by atoms with E-state index in [2.05, 4.69) is 5.32 Å². The van der Waals surface area contributed by atoms with E-state index in [1.165, 1.54) is 23.9 Å². The Bertz CT molecular complexity index is 1410. The lowest BCUT2D eigenvalue weighted by atomic mass is 10.3. The van der Waals surface area contributed by atoms with E-state index in [9.17, 15) is 22.0 Å². The van der Waals surface area contributed by atoms with Gasteiger partial charge in [-0.3, -0.25) is 9.10 Å². The van der Waals surface area contributed by atoms with Gasteiger partial charge in [0.15, 0.2) is 0 Å². The number of para-hydroxylation sites is 1. The molecule has 178 valence electrons. The fourth-order valence-corrected chi connectivity index (χ4v) is 5.59. The molecule has 9 heteroatoms. The van der Waals surface area contributed by atoms with Crippen LogP contribution in [-0.2, 0) is 14.8 Å². The Morgan fingerprint density at radius 3 is 2.00 bits per heavy atom. The first kappa shape index (κ1) is 24.4. The Labute approximate surface area is 206 Å². The highest BCUT2D eigenvalue weighted by Gasteiger charge is 2.27. The monoisotopic (exact) mass is 510 g/mol. The maximum Gasteiger partial charge on any atom is 0.264 e. The second-order valence-electron chi connectivity index (χ2n) is 7.40. The number of halogens is 2. The van der Waals surface area contributed by atoms with Crippen LogP contribution in [0.1, 0.15) is 0 Å². The molecule has 0 saturated carbocycles. The van der Waals surface area contributed by atoms with Gasteiger partial charge in [-0.05, 0) is 72.8 Å². The maximum absolute atomic E-state index is 13.5. The molecule has 4 aromatic rings. The summed E-state index contributed by atoms with van der Waals surface area (Å²) in [6.45, 7) is -0.574. The fraction of sp³-hybridized carbons (Fsp3) is 0.0385. The van der Waals surface area contributed by atoms with Crippen LogP contribution in [0, 0.1) is 11.6 Å². The highest BCUT2D eigenvalue weighted by molar-refractivity contribution is 7.99. The van der Waals surface area contributed by atoms with Gasteiger partial charge >= 0.3 is 0 Å². The van der Waals surface area contributed by atoms with Crippen molar-refractivity contribution in [2.75, 3.05) is 16.2 Å². The number of amides is 1. The van der Waals surface area contributed by atoms with E-state index < -0.39 is 34.1 Å². The van der Waals surface area contributed by atoms with Gasteiger partial charge in [-0.25, -0.2) is 17.2 Å². The Kier molecular flexibility index (Phi) is 7.48. The lowest BCUT2D eigenvalue weighted by Crippen LogP contribution is -2.38. The Morgan fingerprint density at radius 2 is 1.34 bits per heavy atom. The standard InChI is InChI=1S/C26H20F2N2O3S2/c27-19-10-14-21(15-11-19)30(35(32,33)23-16-12-20(28)13-17-23)18-26(31)29-24-8-4-5-9-25(24)34-22-6-2-1-3-7-22/h1-17H,18H2,(H,29,31). The average molecular weight is 511 g/mol. The summed E-state index contributed by atoms with van der Waals surface area (Å²) in [5.74, 6) is -1.74. The predicted molar refractivity (Wildman–Crippen MR) is 133 cm³/mol. The molecular formula is C26H20F2N2O3S2. The molecule has 5 nitrogen and oxygen atoms in total. The summed E-state index contributed by atoms with van der Waals surface area (Å²) in [6, 6.07) is 25.8. The van der Waals surface area contributed by atoms with E-state index in [0.717, 1.165) is 50.5 Å². The molecular weight excluding hydrogens is 490 g/mol. The van der Waals surface area contributed by atoms with Crippen molar-refractivity contribution in [3.05, 3.63) is 115 Å². The van der Waals surface area contributed by atoms with Gasteiger partial charge in [0, 0.05) is 9.79 Å². The highest BCUT2D eigenvalue weighted by atomic mass is 32.2. The van der Waals surface area contributed by atoms with E-state index in [-0.39, 0.29) is 10.6 Å². The van der Waals surface area contributed by atoms with Gasteiger partial charge in [0.25, 0.3) is 10.0 Å². The van der Waals surface area contributed by atoms with Gasteiger partial charge < -0.3 is 5.32 Å². The average Bonchev–Trinajstić information content (AvgIpc) is 2.85. The third-order valence-corrected chi connectivity index (χ3v) is 7.81. The minimum absolute atomic E-state index is 0.0952. The molecule has 0 heterocycles. The van der Waals surface area contributed by atoms with E-state index in [1.807, 2.05) is 42.5 Å². The van der Waals surface area contributed by atoms with E-state index in [0.29, 0.717) is 5.69 Å². The molecule has 35 heavy (non-hydrogen) atoms. The molecule has 0 spiro atoms. The molecule has 0 bridgehead atoms. The molecule has 0 aliphatic carbocycles. The highest BCUT2D eigenvalue weighted by Crippen LogP contribution is 2.33. The summed E-state index contributed by atoms with van der Waals surface area (Å²) in [5.41, 5.74) is 0.613. The van der Waals surface area contributed by atoms with Crippen LogP contribution in [-0.4, -0.2) is 20.9 Å². The summed E-state index contributed by atoms with van der Waals surface area (Å²) < 4.78 is 54.4. The fourth-order valence-electron chi connectivity index (χ4n) is 3.25. The SMILES string of the molecule is O=C(CN(c1ccc(F)cc1)S(=O)(=O)c1ccc(F)cc1)Nc1ccccc1Sc1ccccc1. The summed E-state index contributed by atoms with van der Waals surface area (Å²) in [7, 11) is -4.25. The number of nitrogens with one attached hydrogen (secondary N) is 1. The van der Waals surface area contributed by atoms with E-state index in [4.69, 9.17) is 0 Å². The zero-order chi connectivity index (χ0) is 24.8. The molecule has 1 N–H and O–H groups in total. The summed E-state index contributed by atoms with van der Waals surface area (Å²) in [5, 5.41) is 2.78. The molecule has 0 radical (unpaired) electrons. The molecule has 0 aliphatic rings. The number of hydrogen-bond acceptors (Lipinski definition) is 4. The lowest BCUT2D eigenvalue weighted by molar-refractivity contribution is -0.114. The van der Waals surface area contributed by atoms with Crippen molar-refractivity contribution in [1.82, 2.24) is 0 Å². The Morgan fingerprint density at radius 1 is 0.771 bits per heavy atom. The largest absolute Gasteiger partial charge is 0.323 e. The van der Waals surface area contributed by atoms with Crippen LogP contribution in [0.15, 0.2) is 118 Å². The molecule has 4 rings (SSSR count). The number of hydrogen-bond donors (Lipinski definition) is 1. The van der Waals surface area contributed by atoms with Gasteiger partial charge in [0.1, 0.15) is 18.2 Å². The molecule has 0 saturated heterocycles. The third-order valence-electron chi connectivity index (χ3n) is 4.94. The minimum atomic E-state index is -4.25. The lowest BCUT2D eigenvalue weighted by Gasteiger charge is -2.24. The van der Waals surface area contributed by atoms with Crippen molar-refractivity contribution in [3.63, 3.8) is 0 Å². The van der Waals surface area contributed by atoms with Crippen molar-refractivity contribution in [2.24, 2.45) is 0 Å². The Hall–Kier alpha value is -3.69. The van der Waals surface area contributed by atoms with Gasteiger partial charge in [-0.15, -0.1) is 0 Å². The topological polar surface area (TPSA) is 66.5 Å². The maximum atomic E-state index is 13.5. The predicted octanol–water partition coefficient (Wildman–Crippen LogP) is 5.95. The number of nitrogens with zero attached hydrogens (tertiary/aromatic N) is 1. The number of carbonyl (C=O) groups is 1. The number of rotatable bonds is 8. The van der Waals surface area contributed by atoms with E-state index in [1.54, 1.807) is 12.1 Å².